The van der Waals surface area contributed by atoms with Crippen molar-refractivity contribution in [3.63, 3.8) is 0 Å². The average molecular weight is 445 g/mol. The zero-order valence-corrected chi connectivity index (χ0v) is 19.1. The van der Waals surface area contributed by atoms with Crippen LogP contribution in [0.4, 0.5) is 0 Å². The van der Waals surface area contributed by atoms with Crippen molar-refractivity contribution in [2.75, 3.05) is 13.2 Å². The number of carbonyl (C=O) groups is 2. The summed E-state index contributed by atoms with van der Waals surface area (Å²) in [6.07, 6.45) is 0. The summed E-state index contributed by atoms with van der Waals surface area (Å²) in [7, 11) is 0. The van der Waals surface area contributed by atoms with Gasteiger partial charge in [-0.25, -0.2) is 4.79 Å². The summed E-state index contributed by atoms with van der Waals surface area (Å²) in [4.78, 5) is 24.9. The van der Waals surface area contributed by atoms with Gasteiger partial charge in [-0.2, -0.15) is 0 Å². The number of hydrogen-bond donors (Lipinski definition) is 1. The monoisotopic (exact) mass is 444 g/mol. The Hall–Kier alpha value is -3.64. The molecule has 0 aliphatic rings. The number of benzene rings is 3. The Balaban J connectivity index is 2.04. The summed E-state index contributed by atoms with van der Waals surface area (Å²) >= 11 is 0. The van der Waals surface area contributed by atoms with Crippen LogP contribution in [-0.2, 0) is 16.1 Å². The zero-order valence-electron chi connectivity index (χ0n) is 19.1. The maximum Gasteiger partial charge on any atom is 0.337 e. The van der Waals surface area contributed by atoms with Gasteiger partial charge in [-0.1, -0.05) is 50.2 Å². The summed E-state index contributed by atoms with van der Waals surface area (Å²) in [5.74, 6) is -0.401. The van der Waals surface area contributed by atoms with E-state index in [-0.39, 0.29) is 12.5 Å². The van der Waals surface area contributed by atoms with Gasteiger partial charge in [-0.3, -0.25) is 4.79 Å². The standard InChI is InChI=1S/C27H28N2O4/c1-4-32-16-24(30)33-23-14-19(17(2)3)13-22-26(23)25-20(27(28)31)11-8-12-21(25)29(22)15-18-9-6-5-7-10-18/h5-14,17H,4,15-16H2,1-3H3,(H2,28,31). The van der Waals surface area contributed by atoms with E-state index in [0.717, 1.165) is 22.2 Å². The second-order valence-corrected chi connectivity index (χ2v) is 8.31. The molecule has 1 heterocycles. The van der Waals surface area contributed by atoms with E-state index in [2.05, 4.69) is 36.6 Å². The minimum atomic E-state index is -0.529. The molecule has 0 aliphatic heterocycles. The molecule has 0 atom stereocenters. The van der Waals surface area contributed by atoms with Crippen LogP contribution >= 0.6 is 0 Å². The molecule has 1 aromatic heterocycles. The molecule has 0 fully saturated rings. The predicted molar refractivity (Wildman–Crippen MR) is 130 cm³/mol. The van der Waals surface area contributed by atoms with Gasteiger partial charge in [0.25, 0.3) is 0 Å². The van der Waals surface area contributed by atoms with Crippen molar-refractivity contribution >= 4 is 33.7 Å². The van der Waals surface area contributed by atoms with Gasteiger partial charge in [0, 0.05) is 24.1 Å². The molecule has 33 heavy (non-hydrogen) atoms. The fraction of sp³-hybridized carbons (Fsp3) is 0.259. The zero-order chi connectivity index (χ0) is 23.5. The molecule has 2 N–H and O–H groups in total. The largest absolute Gasteiger partial charge is 0.424 e. The topological polar surface area (TPSA) is 83.6 Å². The average Bonchev–Trinajstić information content (AvgIpc) is 3.12. The van der Waals surface area contributed by atoms with Crippen molar-refractivity contribution in [3.05, 3.63) is 77.4 Å². The number of hydrogen-bond acceptors (Lipinski definition) is 4. The van der Waals surface area contributed by atoms with E-state index in [4.69, 9.17) is 15.2 Å². The molecule has 0 saturated heterocycles. The first kappa shape index (κ1) is 22.6. The number of carbonyl (C=O) groups excluding carboxylic acids is 2. The maximum atomic E-state index is 12.5. The number of nitrogens with zero attached hydrogens (tertiary/aromatic N) is 1. The lowest BCUT2D eigenvalue weighted by atomic mass is 9.99. The molecule has 0 bridgehead atoms. The molecule has 170 valence electrons. The van der Waals surface area contributed by atoms with E-state index in [9.17, 15) is 9.59 Å². The number of primary amides is 1. The van der Waals surface area contributed by atoms with E-state index >= 15 is 0 Å². The normalized spacial score (nSPS) is 11.4. The Kier molecular flexibility index (Phi) is 6.47. The van der Waals surface area contributed by atoms with Crippen molar-refractivity contribution in [2.24, 2.45) is 5.73 Å². The van der Waals surface area contributed by atoms with Gasteiger partial charge in [0.1, 0.15) is 12.4 Å². The lowest BCUT2D eigenvalue weighted by molar-refractivity contribution is -0.139. The molecule has 6 nitrogen and oxygen atoms in total. The van der Waals surface area contributed by atoms with Gasteiger partial charge in [-0.05, 0) is 48.2 Å². The van der Waals surface area contributed by atoms with Gasteiger partial charge in [0.15, 0.2) is 0 Å². The number of ether oxygens (including phenoxy) is 2. The van der Waals surface area contributed by atoms with Crippen LogP contribution in [0.2, 0.25) is 0 Å². The third kappa shape index (κ3) is 4.47. The Morgan fingerprint density at radius 2 is 1.73 bits per heavy atom. The maximum absolute atomic E-state index is 12.5. The highest BCUT2D eigenvalue weighted by atomic mass is 16.6. The lowest BCUT2D eigenvalue weighted by Gasteiger charge is -2.13. The molecule has 0 aliphatic carbocycles. The van der Waals surface area contributed by atoms with Crippen molar-refractivity contribution < 1.29 is 19.1 Å². The fourth-order valence-corrected chi connectivity index (χ4v) is 4.14. The minimum Gasteiger partial charge on any atom is -0.424 e. The molecule has 4 aromatic rings. The van der Waals surface area contributed by atoms with E-state index in [0.29, 0.717) is 35.2 Å². The van der Waals surface area contributed by atoms with Crippen LogP contribution in [0.5, 0.6) is 5.75 Å². The van der Waals surface area contributed by atoms with Crippen molar-refractivity contribution in [1.82, 2.24) is 4.57 Å². The second kappa shape index (κ2) is 9.46. The Morgan fingerprint density at radius 1 is 0.970 bits per heavy atom. The Bertz CT molecular complexity index is 1320. The SMILES string of the molecule is CCOCC(=O)Oc1cc(C(C)C)cc2c1c1c(C(N)=O)cccc1n2Cc1ccccc1. The summed E-state index contributed by atoms with van der Waals surface area (Å²) < 4.78 is 13.2. The van der Waals surface area contributed by atoms with Crippen molar-refractivity contribution in [2.45, 2.75) is 33.2 Å². The van der Waals surface area contributed by atoms with E-state index in [1.54, 1.807) is 6.07 Å². The molecule has 4 rings (SSSR count). The Morgan fingerprint density at radius 3 is 2.39 bits per heavy atom. The van der Waals surface area contributed by atoms with Crippen LogP contribution in [0, 0.1) is 0 Å². The minimum absolute atomic E-state index is 0.144. The predicted octanol–water partition coefficient (Wildman–Crippen LogP) is 5.01. The molecule has 0 unspecified atom stereocenters. The number of fused-ring (bicyclic) bond motifs is 3. The second-order valence-electron chi connectivity index (χ2n) is 8.31. The smallest absolute Gasteiger partial charge is 0.337 e. The van der Waals surface area contributed by atoms with E-state index in [1.165, 1.54) is 0 Å². The van der Waals surface area contributed by atoms with Gasteiger partial charge in [0.05, 0.1) is 16.4 Å². The van der Waals surface area contributed by atoms with E-state index < -0.39 is 11.9 Å². The molecule has 3 aromatic carbocycles. The summed E-state index contributed by atoms with van der Waals surface area (Å²) in [6.45, 7) is 6.87. The first-order valence-electron chi connectivity index (χ1n) is 11.1. The molecule has 1 amide bonds. The number of aromatic nitrogens is 1. The van der Waals surface area contributed by atoms with Gasteiger partial charge >= 0.3 is 5.97 Å². The Labute approximate surface area is 192 Å². The van der Waals surface area contributed by atoms with Crippen LogP contribution in [0.3, 0.4) is 0 Å². The number of nitrogens with two attached hydrogens (primary N) is 1. The molecular weight excluding hydrogens is 416 g/mol. The van der Waals surface area contributed by atoms with E-state index in [1.807, 2.05) is 43.3 Å². The highest BCUT2D eigenvalue weighted by Crippen LogP contribution is 2.40. The van der Waals surface area contributed by atoms with Crippen LogP contribution in [0.15, 0.2) is 60.7 Å². The van der Waals surface area contributed by atoms with Gasteiger partial charge in [-0.15, -0.1) is 0 Å². The van der Waals surface area contributed by atoms with Crippen LogP contribution < -0.4 is 10.5 Å². The number of esters is 1. The molecule has 0 saturated carbocycles. The summed E-state index contributed by atoms with van der Waals surface area (Å²) in [6, 6.07) is 19.6. The summed E-state index contributed by atoms with van der Waals surface area (Å²) in [5.41, 5.74) is 10.0. The summed E-state index contributed by atoms with van der Waals surface area (Å²) in [5, 5.41) is 1.38. The highest BCUT2D eigenvalue weighted by Gasteiger charge is 2.22. The van der Waals surface area contributed by atoms with Crippen molar-refractivity contribution in [1.29, 1.82) is 0 Å². The number of rotatable bonds is 8. The quantitative estimate of drug-likeness (QED) is 0.306. The third-order valence-electron chi connectivity index (χ3n) is 5.74. The number of amides is 1. The lowest BCUT2D eigenvalue weighted by Crippen LogP contribution is -2.16. The van der Waals surface area contributed by atoms with Crippen LogP contribution in [0.1, 0.15) is 48.2 Å². The van der Waals surface area contributed by atoms with Crippen LogP contribution in [0.25, 0.3) is 21.8 Å². The fourth-order valence-electron chi connectivity index (χ4n) is 4.14. The first-order valence-corrected chi connectivity index (χ1v) is 11.1. The highest BCUT2D eigenvalue weighted by molar-refractivity contribution is 6.20. The molecule has 0 spiro atoms. The van der Waals surface area contributed by atoms with Crippen LogP contribution in [-0.4, -0.2) is 29.7 Å². The first-order chi connectivity index (χ1) is 15.9. The van der Waals surface area contributed by atoms with Crippen molar-refractivity contribution in [3.8, 4) is 5.75 Å². The molecular formula is C27H28N2O4. The molecule has 0 radical (unpaired) electrons. The van der Waals surface area contributed by atoms with Gasteiger partial charge < -0.3 is 19.8 Å². The third-order valence-corrected chi connectivity index (χ3v) is 5.74. The molecule has 6 heteroatoms. The van der Waals surface area contributed by atoms with Gasteiger partial charge in [0.2, 0.25) is 5.91 Å².